The first kappa shape index (κ1) is 15.2. The fourth-order valence-electron chi connectivity index (χ4n) is 3.19. The third-order valence-corrected chi connectivity index (χ3v) is 4.40. The number of rotatable bonds is 3. The molecule has 0 aliphatic heterocycles. The highest BCUT2D eigenvalue weighted by atomic mass is 16.3. The van der Waals surface area contributed by atoms with Gasteiger partial charge < -0.3 is 5.11 Å². The first-order valence-corrected chi connectivity index (χ1v) is 8.20. The van der Waals surface area contributed by atoms with Gasteiger partial charge in [-0.1, -0.05) is 66.7 Å². The van der Waals surface area contributed by atoms with Crippen LogP contribution in [-0.2, 0) is 6.42 Å². The summed E-state index contributed by atoms with van der Waals surface area (Å²) in [7, 11) is 0. The molecule has 3 nitrogen and oxygen atoms in total. The Hall–Kier alpha value is -3.33. The van der Waals surface area contributed by atoms with Crippen molar-refractivity contribution in [2.75, 3.05) is 0 Å². The Morgan fingerprint density at radius 1 is 0.800 bits per heavy atom. The molecule has 0 amide bonds. The summed E-state index contributed by atoms with van der Waals surface area (Å²) in [5, 5.41) is 11.0. The van der Waals surface area contributed by atoms with Gasteiger partial charge >= 0.3 is 0 Å². The minimum absolute atomic E-state index is 0.0613. The molecule has 3 heteroatoms. The highest BCUT2D eigenvalue weighted by Crippen LogP contribution is 2.35. The van der Waals surface area contributed by atoms with Gasteiger partial charge in [-0.25, -0.2) is 0 Å². The summed E-state index contributed by atoms with van der Waals surface area (Å²) in [6.45, 7) is 0. The number of aromatic hydroxyl groups is 1. The van der Waals surface area contributed by atoms with Crippen LogP contribution in [0.2, 0.25) is 0 Å². The predicted molar refractivity (Wildman–Crippen MR) is 100 cm³/mol. The number of aromatic nitrogens is 1. The Kier molecular flexibility index (Phi) is 3.82. The van der Waals surface area contributed by atoms with E-state index in [0.29, 0.717) is 23.1 Å². The quantitative estimate of drug-likeness (QED) is 0.611. The van der Waals surface area contributed by atoms with Crippen molar-refractivity contribution in [2.45, 2.75) is 6.42 Å². The summed E-state index contributed by atoms with van der Waals surface area (Å²) < 4.78 is 1.61. The summed E-state index contributed by atoms with van der Waals surface area (Å²) in [5.41, 5.74) is 3.49. The lowest BCUT2D eigenvalue weighted by Crippen LogP contribution is -2.19. The van der Waals surface area contributed by atoms with Crippen LogP contribution in [0.15, 0.2) is 89.9 Å². The maximum absolute atomic E-state index is 12.9. The third-order valence-electron chi connectivity index (χ3n) is 4.40. The van der Waals surface area contributed by atoms with Crippen LogP contribution in [0.3, 0.4) is 0 Å². The van der Waals surface area contributed by atoms with E-state index >= 15 is 0 Å². The van der Waals surface area contributed by atoms with Crippen LogP contribution in [0.25, 0.3) is 16.6 Å². The number of pyridine rings is 2. The number of nitrogens with zero attached hydrogens (tertiary/aromatic N) is 1. The van der Waals surface area contributed by atoms with Crippen molar-refractivity contribution in [3.63, 3.8) is 0 Å². The largest absolute Gasteiger partial charge is 0.507 e. The van der Waals surface area contributed by atoms with Crippen LogP contribution in [0.4, 0.5) is 0 Å². The van der Waals surface area contributed by atoms with Crippen LogP contribution in [0.1, 0.15) is 11.1 Å². The third kappa shape index (κ3) is 2.70. The van der Waals surface area contributed by atoms with Crippen LogP contribution in [-0.4, -0.2) is 9.51 Å². The van der Waals surface area contributed by atoms with E-state index in [2.05, 4.69) is 0 Å². The maximum Gasteiger partial charge on any atom is 0.262 e. The van der Waals surface area contributed by atoms with E-state index in [1.807, 2.05) is 78.9 Å². The zero-order chi connectivity index (χ0) is 17.2. The molecule has 2 aromatic heterocycles. The average molecular weight is 327 g/mol. The van der Waals surface area contributed by atoms with Crippen molar-refractivity contribution < 1.29 is 5.11 Å². The monoisotopic (exact) mass is 327 g/mol. The van der Waals surface area contributed by atoms with Gasteiger partial charge in [0, 0.05) is 18.2 Å². The van der Waals surface area contributed by atoms with Gasteiger partial charge in [-0.2, -0.15) is 0 Å². The van der Waals surface area contributed by atoms with Crippen molar-refractivity contribution in [3.05, 3.63) is 107 Å². The second-order valence-electron chi connectivity index (χ2n) is 5.99. The molecule has 4 rings (SSSR count). The standard InChI is InChI=1S/C22H17NO2/c24-21-18(15-16-9-3-1-4-10-16)22(25)23-14-8-7-13-19(23)20(21)17-11-5-2-6-12-17/h1-14,24H,15H2. The van der Waals surface area contributed by atoms with Crippen molar-refractivity contribution >= 4 is 5.52 Å². The minimum Gasteiger partial charge on any atom is -0.507 e. The Morgan fingerprint density at radius 2 is 1.44 bits per heavy atom. The fourth-order valence-corrected chi connectivity index (χ4v) is 3.19. The molecule has 0 saturated carbocycles. The van der Waals surface area contributed by atoms with Crippen molar-refractivity contribution in [1.29, 1.82) is 0 Å². The Bertz CT molecular complexity index is 1080. The summed E-state index contributed by atoms with van der Waals surface area (Å²) in [4.78, 5) is 12.9. The van der Waals surface area contributed by atoms with Gasteiger partial charge in [0.2, 0.25) is 0 Å². The molecule has 122 valence electrons. The molecule has 0 radical (unpaired) electrons. The molecule has 4 aromatic rings. The molecule has 25 heavy (non-hydrogen) atoms. The molecule has 0 bridgehead atoms. The zero-order valence-electron chi connectivity index (χ0n) is 13.6. The molecule has 1 N–H and O–H groups in total. The minimum atomic E-state index is -0.184. The van der Waals surface area contributed by atoms with E-state index in [4.69, 9.17) is 0 Å². The zero-order valence-corrected chi connectivity index (χ0v) is 13.6. The molecule has 0 aliphatic carbocycles. The summed E-state index contributed by atoms with van der Waals surface area (Å²) in [5.74, 6) is 0.0613. The lowest BCUT2D eigenvalue weighted by molar-refractivity contribution is 0.470. The smallest absolute Gasteiger partial charge is 0.262 e. The molecule has 0 fully saturated rings. The number of fused-ring (bicyclic) bond motifs is 1. The first-order chi connectivity index (χ1) is 12.3. The Labute approximate surface area is 145 Å². The van der Waals surface area contributed by atoms with E-state index in [1.165, 1.54) is 0 Å². The average Bonchev–Trinajstić information content (AvgIpc) is 2.67. The predicted octanol–water partition coefficient (Wildman–Crippen LogP) is 4.26. The topological polar surface area (TPSA) is 41.7 Å². The molecular weight excluding hydrogens is 310 g/mol. The van der Waals surface area contributed by atoms with E-state index < -0.39 is 0 Å². The van der Waals surface area contributed by atoms with Crippen molar-refractivity contribution in [1.82, 2.24) is 4.40 Å². The lowest BCUT2D eigenvalue weighted by Gasteiger charge is -2.14. The molecule has 2 aromatic carbocycles. The van der Waals surface area contributed by atoms with Crippen molar-refractivity contribution in [3.8, 4) is 16.9 Å². The van der Waals surface area contributed by atoms with Gasteiger partial charge in [-0.3, -0.25) is 9.20 Å². The Balaban J connectivity index is 2.03. The number of hydrogen-bond acceptors (Lipinski definition) is 2. The molecule has 0 atom stereocenters. The van der Waals surface area contributed by atoms with Crippen LogP contribution >= 0.6 is 0 Å². The highest BCUT2D eigenvalue weighted by molar-refractivity contribution is 5.86. The molecule has 0 unspecified atom stereocenters. The molecule has 0 spiro atoms. The van der Waals surface area contributed by atoms with E-state index in [0.717, 1.165) is 11.1 Å². The fraction of sp³-hybridized carbons (Fsp3) is 0.0455. The second kappa shape index (κ2) is 6.29. The van der Waals surface area contributed by atoms with Crippen LogP contribution in [0.5, 0.6) is 5.75 Å². The van der Waals surface area contributed by atoms with Crippen LogP contribution in [0, 0.1) is 0 Å². The summed E-state index contributed by atoms with van der Waals surface area (Å²) in [6, 6.07) is 25.0. The van der Waals surface area contributed by atoms with Gasteiger partial charge in [-0.15, -0.1) is 0 Å². The van der Waals surface area contributed by atoms with Gasteiger partial charge in [0.1, 0.15) is 5.75 Å². The maximum atomic E-state index is 12.9. The lowest BCUT2D eigenvalue weighted by atomic mass is 9.97. The van der Waals surface area contributed by atoms with Gasteiger partial charge in [0.15, 0.2) is 0 Å². The van der Waals surface area contributed by atoms with Crippen LogP contribution < -0.4 is 5.56 Å². The van der Waals surface area contributed by atoms with Gasteiger partial charge in [0.05, 0.1) is 11.1 Å². The Morgan fingerprint density at radius 3 is 2.16 bits per heavy atom. The van der Waals surface area contributed by atoms with E-state index in [1.54, 1.807) is 10.6 Å². The second-order valence-corrected chi connectivity index (χ2v) is 5.99. The molecule has 2 heterocycles. The molecular formula is C22H17NO2. The SMILES string of the molecule is O=c1c(Cc2ccccc2)c(O)c(-c2ccccc2)c2ccccn12. The molecule has 0 saturated heterocycles. The first-order valence-electron chi connectivity index (χ1n) is 8.20. The number of benzene rings is 2. The van der Waals surface area contributed by atoms with E-state index in [-0.39, 0.29) is 11.3 Å². The summed E-state index contributed by atoms with van der Waals surface area (Å²) in [6.07, 6.45) is 2.14. The van der Waals surface area contributed by atoms with E-state index in [9.17, 15) is 9.90 Å². The summed E-state index contributed by atoms with van der Waals surface area (Å²) >= 11 is 0. The van der Waals surface area contributed by atoms with Crippen molar-refractivity contribution in [2.24, 2.45) is 0 Å². The van der Waals surface area contributed by atoms with Gasteiger partial charge in [0.25, 0.3) is 5.56 Å². The number of hydrogen-bond donors (Lipinski definition) is 1. The highest BCUT2D eigenvalue weighted by Gasteiger charge is 2.18. The molecule has 0 aliphatic rings. The van der Waals surface area contributed by atoms with Gasteiger partial charge in [-0.05, 0) is 23.3 Å². The normalized spacial score (nSPS) is 10.9.